The highest BCUT2D eigenvalue weighted by Gasteiger charge is 2.35. The van der Waals surface area contributed by atoms with Gasteiger partial charge in [-0.1, -0.05) is 35.9 Å². The number of aromatic nitrogens is 1. The van der Waals surface area contributed by atoms with Gasteiger partial charge in [0.25, 0.3) is 11.8 Å². The summed E-state index contributed by atoms with van der Waals surface area (Å²) >= 11 is 5.34. The minimum atomic E-state index is -0.591. The first-order chi connectivity index (χ1) is 18.2. The Morgan fingerprint density at radius 2 is 1.79 bits per heavy atom. The monoisotopic (exact) mass is 526 g/mol. The highest BCUT2D eigenvalue weighted by Crippen LogP contribution is 2.28. The van der Waals surface area contributed by atoms with Crippen LogP contribution in [0.15, 0.2) is 78.5 Å². The summed E-state index contributed by atoms with van der Waals surface area (Å²) in [5, 5.41) is 6.15. The highest BCUT2D eigenvalue weighted by molar-refractivity contribution is 7.80. The fourth-order valence-corrected chi connectivity index (χ4v) is 4.77. The first kappa shape index (κ1) is 25.0. The van der Waals surface area contributed by atoms with Gasteiger partial charge in [0.2, 0.25) is 5.91 Å². The number of fused-ring (bicyclic) bond motifs is 1. The zero-order valence-electron chi connectivity index (χ0n) is 20.6. The third-order valence-corrected chi connectivity index (χ3v) is 6.54. The maximum atomic E-state index is 13.5. The molecule has 0 atom stereocenters. The Hall–Kier alpha value is -4.63. The number of rotatable bonds is 5. The zero-order valence-corrected chi connectivity index (χ0v) is 21.4. The molecular formula is C29H23FN4O3S. The smallest absolute Gasteiger partial charge is 0.270 e. The summed E-state index contributed by atoms with van der Waals surface area (Å²) in [5.41, 5.74) is 4.23. The molecule has 1 aliphatic rings. The molecule has 2 heterocycles. The van der Waals surface area contributed by atoms with Crippen LogP contribution in [0.5, 0.6) is 0 Å². The van der Waals surface area contributed by atoms with E-state index in [-0.39, 0.29) is 23.1 Å². The van der Waals surface area contributed by atoms with E-state index >= 15 is 0 Å². The largest absolute Gasteiger partial charge is 0.337 e. The number of thiocarbonyl (C=S) groups is 1. The lowest BCUT2D eigenvalue weighted by Gasteiger charge is -2.30. The molecule has 38 heavy (non-hydrogen) atoms. The van der Waals surface area contributed by atoms with Crippen LogP contribution in [0.3, 0.4) is 0 Å². The number of hydrogen-bond donors (Lipinski definition) is 2. The van der Waals surface area contributed by atoms with Crippen molar-refractivity contribution in [3.63, 3.8) is 0 Å². The Labute approximate surface area is 223 Å². The summed E-state index contributed by atoms with van der Waals surface area (Å²) in [6, 6.07) is 18.5. The van der Waals surface area contributed by atoms with Crippen molar-refractivity contribution in [2.24, 2.45) is 0 Å². The molecule has 0 spiro atoms. The van der Waals surface area contributed by atoms with E-state index in [0.29, 0.717) is 16.9 Å². The maximum absolute atomic E-state index is 13.5. The standard InChI is InChI=1S/C29H23FN4O3S/c1-17-7-12-24(18(2)13-17)34-28(37)23(27(36)32-29(34)38)14-19-15-33(25-6-4-3-5-22(19)25)16-26(35)31-21-10-8-20(30)9-11-21/h3-15H,16H2,1-2H3,(H,31,35)(H,32,36,38)/b23-14+. The van der Waals surface area contributed by atoms with Crippen LogP contribution >= 0.6 is 12.2 Å². The van der Waals surface area contributed by atoms with Crippen molar-refractivity contribution in [3.05, 3.63) is 101 Å². The van der Waals surface area contributed by atoms with Gasteiger partial charge in [-0.2, -0.15) is 0 Å². The zero-order chi connectivity index (χ0) is 27.0. The number of halogens is 1. The van der Waals surface area contributed by atoms with Crippen molar-refractivity contribution in [2.75, 3.05) is 10.2 Å². The van der Waals surface area contributed by atoms with Crippen LogP contribution in [0, 0.1) is 19.7 Å². The average Bonchev–Trinajstić information content (AvgIpc) is 3.21. The van der Waals surface area contributed by atoms with Gasteiger partial charge in [0.1, 0.15) is 17.9 Å². The SMILES string of the molecule is Cc1ccc(N2C(=O)/C(=C/c3cn(CC(=O)Nc4ccc(F)cc4)c4ccccc34)C(=O)NC2=S)c(C)c1. The number of carbonyl (C=O) groups is 3. The first-order valence-electron chi connectivity index (χ1n) is 11.8. The van der Waals surface area contributed by atoms with E-state index in [0.717, 1.165) is 22.0 Å². The van der Waals surface area contributed by atoms with Crippen LogP contribution in [0.4, 0.5) is 15.8 Å². The quantitative estimate of drug-likeness (QED) is 0.221. The summed E-state index contributed by atoms with van der Waals surface area (Å²) in [4.78, 5) is 40.5. The van der Waals surface area contributed by atoms with Gasteiger partial charge in [-0.3, -0.25) is 24.6 Å². The van der Waals surface area contributed by atoms with Gasteiger partial charge >= 0.3 is 0 Å². The Morgan fingerprint density at radius 1 is 1.05 bits per heavy atom. The lowest BCUT2D eigenvalue weighted by molar-refractivity contribution is -0.122. The minimum absolute atomic E-state index is 0.0176. The van der Waals surface area contributed by atoms with E-state index in [4.69, 9.17) is 12.2 Å². The second-order valence-electron chi connectivity index (χ2n) is 9.03. The summed E-state index contributed by atoms with van der Waals surface area (Å²) in [6.07, 6.45) is 3.24. The second-order valence-corrected chi connectivity index (χ2v) is 9.42. The van der Waals surface area contributed by atoms with Crippen molar-refractivity contribution in [1.29, 1.82) is 0 Å². The van der Waals surface area contributed by atoms with Crippen molar-refractivity contribution in [1.82, 2.24) is 9.88 Å². The summed E-state index contributed by atoms with van der Waals surface area (Å²) in [7, 11) is 0. The molecule has 1 saturated heterocycles. The average molecular weight is 527 g/mol. The highest BCUT2D eigenvalue weighted by atomic mass is 32.1. The minimum Gasteiger partial charge on any atom is -0.337 e. The molecule has 9 heteroatoms. The molecule has 3 amide bonds. The van der Waals surface area contributed by atoms with Gasteiger partial charge in [0.05, 0.1) is 5.69 Å². The van der Waals surface area contributed by atoms with Crippen LogP contribution < -0.4 is 15.5 Å². The molecule has 4 aromatic rings. The molecule has 1 aliphatic heterocycles. The molecule has 7 nitrogen and oxygen atoms in total. The molecule has 0 bridgehead atoms. The van der Waals surface area contributed by atoms with Gasteiger partial charge in [-0.15, -0.1) is 0 Å². The van der Waals surface area contributed by atoms with E-state index in [1.54, 1.807) is 16.8 Å². The molecule has 0 aliphatic carbocycles. The summed E-state index contributed by atoms with van der Waals surface area (Å²) < 4.78 is 14.9. The van der Waals surface area contributed by atoms with Crippen LogP contribution in [-0.2, 0) is 20.9 Å². The number of para-hydroxylation sites is 1. The molecular weight excluding hydrogens is 503 g/mol. The van der Waals surface area contributed by atoms with Crippen LogP contribution in [-0.4, -0.2) is 27.4 Å². The van der Waals surface area contributed by atoms with Crippen molar-refractivity contribution >= 4 is 63.4 Å². The van der Waals surface area contributed by atoms with E-state index in [9.17, 15) is 18.8 Å². The molecule has 3 aromatic carbocycles. The number of anilines is 2. The van der Waals surface area contributed by atoms with Gasteiger partial charge in [0, 0.05) is 28.4 Å². The summed E-state index contributed by atoms with van der Waals surface area (Å²) in [5.74, 6) is -1.83. The number of amides is 3. The fourth-order valence-electron chi connectivity index (χ4n) is 4.50. The molecule has 2 N–H and O–H groups in total. The van der Waals surface area contributed by atoms with Crippen molar-refractivity contribution in [3.8, 4) is 0 Å². The Morgan fingerprint density at radius 3 is 2.53 bits per heavy atom. The lowest BCUT2D eigenvalue weighted by Crippen LogP contribution is -2.54. The maximum Gasteiger partial charge on any atom is 0.270 e. The molecule has 5 rings (SSSR count). The van der Waals surface area contributed by atoms with Gasteiger partial charge in [0.15, 0.2) is 5.11 Å². The van der Waals surface area contributed by atoms with E-state index < -0.39 is 17.6 Å². The Bertz CT molecular complexity index is 1660. The van der Waals surface area contributed by atoms with Gasteiger partial charge in [-0.25, -0.2) is 4.39 Å². The van der Waals surface area contributed by atoms with Crippen LogP contribution in [0.25, 0.3) is 17.0 Å². The number of benzene rings is 3. The van der Waals surface area contributed by atoms with E-state index in [1.807, 2.05) is 50.2 Å². The molecule has 1 aromatic heterocycles. The van der Waals surface area contributed by atoms with E-state index in [1.165, 1.54) is 35.2 Å². The molecule has 190 valence electrons. The number of aryl methyl sites for hydroxylation is 2. The fraction of sp³-hybridized carbons (Fsp3) is 0.103. The summed E-state index contributed by atoms with van der Waals surface area (Å²) in [6.45, 7) is 3.80. The van der Waals surface area contributed by atoms with Gasteiger partial charge < -0.3 is 9.88 Å². The number of hydrogen-bond acceptors (Lipinski definition) is 4. The van der Waals surface area contributed by atoms with Gasteiger partial charge in [-0.05, 0) is 74.1 Å². The number of carbonyl (C=O) groups excluding carboxylic acids is 3. The number of nitrogens with zero attached hydrogens (tertiary/aromatic N) is 2. The molecule has 0 radical (unpaired) electrons. The van der Waals surface area contributed by atoms with Crippen LogP contribution in [0.2, 0.25) is 0 Å². The van der Waals surface area contributed by atoms with Crippen LogP contribution in [0.1, 0.15) is 16.7 Å². The third-order valence-electron chi connectivity index (χ3n) is 6.26. The second kappa shape index (κ2) is 10.0. The number of nitrogens with one attached hydrogen (secondary N) is 2. The predicted molar refractivity (Wildman–Crippen MR) is 149 cm³/mol. The molecule has 1 fully saturated rings. The predicted octanol–water partition coefficient (Wildman–Crippen LogP) is 4.87. The topological polar surface area (TPSA) is 83.4 Å². The molecule has 0 saturated carbocycles. The van der Waals surface area contributed by atoms with E-state index in [2.05, 4.69) is 10.6 Å². The molecule has 0 unspecified atom stereocenters. The van der Waals surface area contributed by atoms with Crippen molar-refractivity contribution < 1.29 is 18.8 Å². The lowest BCUT2D eigenvalue weighted by atomic mass is 10.0. The third kappa shape index (κ3) is 4.83. The van der Waals surface area contributed by atoms with Crippen molar-refractivity contribution in [2.45, 2.75) is 20.4 Å². The first-order valence-corrected chi connectivity index (χ1v) is 12.2. The Kier molecular flexibility index (Phi) is 6.61. The normalized spacial score (nSPS) is 14.8. The Balaban J connectivity index is 1.49.